The van der Waals surface area contributed by atoms with Gasteiger partial charge in [-0.05, 0) is 73.8 Å². The van der Waals surface area contributed by atoms with Crippen LogP contribution in [0.2, 0.25) is 0 Å². The summed E-state index contributed by atoms with van der Waals surface area (Å²) >= 11 is 0. The molecule has 4 amide bonds. The highest BCUT2D eigenvalue weighted by Crippen LogP contribution is 2.48. The molecule has 0 spiro atoms. The van der Waals surface area contributed by atoms with Gasteiger partial charge in [-0.1, -0.05) is 54.6 Å². The zero-order chi connectivity index (χ0) is 36.5. The minimum Gasteiger partial charge on any atom is -0.467 e. The molecule has 1 aliphatic carbocycles. The molecule has 1 saturated heterocycles. The second kappa shape index (κ2) is 16.6. The van der Waals surface area contributed by atoms with Crippen molar-refractivity contribution in [3.63, 3.8) is 0 Å². The quantitative estimate of drug-likeness (QED) is 0.194. The maximum atomic E-state index is 14.3. The number of unbranched alkanes of at least 4 members (excludes halogenated alkanes) is 1. The van der Waals surface area contributed by atoms with Crippen LogP contribution in [0.5, 0.6) is 0 Å². The van der Waals surface area contributed by atoms with Crippen LogP contribution in [0.3, 0.4) is 0 Å². The Hall–Kier alpha value is -5.26. The molecule has 1 aliphatic heterocycles. The van der Waals surface area contributed by atoms with Gasteiger partial charge in [-0.3, -0.25) is 24.0 Å². The van der Waals surface area contributed by atoms with E-state index in [1.165, 1.54) is 24.7 Å². The fourth-order valence-corrected chi connectivity index (χ4v) is 7.45. The average molecular weight is 698 g/mol. The maximum absolute atomic E-state index is 14.3. The number of ether oxygens (including phenoxy) is 1. The average Bonchev–Trinajstić information content (AvgIpc) is 3.14. The molecule has 2 aromatic carbocycles. The molecule has 0 unspecified atom stereocenters. The molecule has 0 radical (unpaired) electrons. The Kier molecular flexibility index (Phi) is 12.1. The molecule has 51 heavy (non-hydrogen) atoms. The molecule has 270 valence electrons. The first-order valence-corrected chi connectivity index (χ1v) is 17.6. The number of amides is 4. The number of esters is 1. The predicted octanol–water partition coefficient (Wildman–Crippen LogP) is 2.93. The predicted molar refractivity (Wildman–Crippen MR) is 191 cm³/mol. The lowest BCUT2D eigenvalue weighted by atomic mass is 9.62. The normalized spacial score (nSPS) is 19.3. The number of aromatic nitrogens is 1. The first-order chi connectivity index (χ1) is 24.6. The summed E-state index contributed by atoms with van der Waals surface area (Å²) in [5, 5.41) is 8.73. The number of carbonyl (C=O) groups is 5. The Morgan fingerprint density at radius 1 is 0.922 bits per heavy atom. The van der Waals surface area contributed by atoms with Gasteiger partial charge in [0, 0.05) is 45.8 Å². The number of benzene rings is 2. The molecular weight excluding hydrogens is 650 g/mol. The first kappa shape index (κ1) is 37.0. The van der Waals surface area contributed by atoms with Gasteiger partial charge in [-0.2, -0.15) is 0 Å². The molecule has 12 heteroatoms. The zero-order valence-corrected chi connectivity index (χ0v) is 29.5. The van der Waals surface area contributed by atoms with Gasteiger partial charge in [-0.25, -0.2) is 4.79 Å². The van der Waals surface area contributed by atoms with Crippen molar-refractivity contribution in [1.29, 1.82) is 0 Å². The number of piperidine rings is 1. The van der Waals surface area contributed by atoms with Gasteiger partial charge < -0.3 is 30.2 Å². The topological polar surface area (TPSA) is 156 Å². The van der Waals surface area contributed by atoms with Crippen molar-refractivity contribution < 1.29 is 28.7 Å². The number of carbonyl (C=O) groups excluding carboxylic acids is 5. The molecule has 0 saturated carbocycles. The second-order valence-electron chi connectivity index (χ2n) is 13.4. The van der Waals surface area contributed by atoms with Crippen molar-refractivity contribution in [3.05, 3.63) is 106 Å². The lowest BCUT2D eigenvalue weighted by Crippen LogP contribution is -2.51. The Bertz CT molecular complexity index is 1800. The van der Waals surface area contributed by atoms with E-state index in [2.05, 4.69) is 16.0 Å². The Labute approximate surface area is 297 Å². The van der Waals surface area contributed by atoms with E-state index in [4.69, 9.17) is 4.74 Å². The summed E-state index contributed by atoms with van der Waals surface area (Å²) in [5.41, 5.74) is 1.22. The minimum absolute atomic E-state index is 0.00514. The molecule has 5 rings (SSSR count). The van der Waals surface area contributed by atoms with E-state index in [0.29, 0.717) is 64.6 Å². The van der Waals surface area contributed by atoms with E-state index in [-0.39, 0.29) is 34.9 Å². The summed E-state index contributed by atoms with van der Waals surface area (Å²) in [4.78, 5) is 79.2. The summed E-state index contributed by atoms with van der Waals surface area (Å²) in [5.74, 6) is -1.80. The van der Waals surface area contributed by atoms with Crippen LogP contribution in [0.1, 0.15) is 84.8 Å². The van der Waals surface area contributed by atoms with Gasteiger partial charge in [-0.15, -0.1) is 0 Å². The summed E-state index contributed by atoms with van der Waals surface area (Å²) in [6, 6.07) is 19.6. The van der Waals surface area contributed by atoms with Gasteiger partial charge in [0.15, 0.2) is 0 Å². The third-order valence-corrected chi connectivity index (χ3v) is 10.1. The fraction of sp³-hybridized carbons (Fsp3) is 0.436. The SMILES string of the molecule is COC(=O)[C@H](CCCCNC(=O)[C@@]1(c2ccccc2)CC[C@H](C(=O)N2CCC(NC(=O)c3cccn(C)c3=O)CC2)c2ccccc21)NC(C)=O. The number of hydrogen-bond donors (Lipinski definition) is 3. The van der Waals surface area contributed by atoms with E-state index in [0.717, 1.165) is 16.7 Å². The molecule has 3 aromatic rings. The van der Waals surface area contributed by atoms with Crippen LogP contribution in [0.15, 0.2) is 77.7 Å². The monoisotopic (exact) mass is 697 g/mol. The highest BCUT2D eigenvalue weighted by Gasteiger charge is 2.48. The van der Waals surface area contributed by atoms with Crippen LogP contribution >= 0.6 is 0 Å². The molecule has 2 heterocycles. The van der Waals surface area contributed by atoms with Crippen LogP contribution in [-0.2, 0) is 36.4 Å². The van der Waals surface area contributed by atoms with Crippen molar-refractivity contribution in [2.45, 2.75) is 75.3 Å². The van der Waals surface area contributed by atoms with Crippen LogP contribution < -0.4 is 21.5 Å². The number of rotatable bonds is 12. The third-order valence-electron chi connectivity index (χ3n) is 10.1. The molecule has 3 atom stereocenters. The fourth-order valence-electron chi connectivity index (χ4n) is 7.45. The number of pyridine rings is 1. The minimum atomic E-state index is -1.01. The van der Waals surface area contributed by atoms with Gasteiger partial charge >= 0.3 is 5.97 Å². The lowest BCUT2D eigenvalue weighted by molar-refractivity contribution is -0.145. The van der Waals surface area contributed by atoms with E-state index < -0.39 is 29.3 Å². The second-order valence-corrected chi connectivity index (χ2v) is 13.4. The molecule has 1 aromatic heterocycles. The van der Waals surface area contributed by atoms with Gasteiger partial charge in [0.2, 0.25) is 17.7 Å². The first-order valence-electron chi connectivity index (χ1n) is 17.6. The number of fused-ring (bicyclic) bond motifs is 1. The molecule has 2 aliphatic rings. The largest absolute Gasteiger partial charge is 0.467 e. The van der Waals surface area contributed by atoms with Gasteiger partial charge in [0.05, 0.1) is 18.4 Å². The summed E-state index contributed by atoms with van der Waals surface area (Å²) in [7, 11) is 2.88. The number of methoxy groups -OCH3 is 1. The van der Waals surface area contributed by atoms with Crippen molar-refractivity contribution >= 4 is 29.6 Å². The highest BCUT2D eigenvalue weighted by atomic mass is 16.5. The van der Waals surface area contributed by atoms with E-state index in [1.54, 1.807) is 19.3 Å². The molecule has 12 nitrogen and oxygen atoms in total. The summed E-state index contributed by atoms with van der Waals surface area (Å²) in [6.07, 6.45) is 5.20. The number of aryl methyl sites for hydroxylation is 1. The Balaban J connectivity index is 1.27. The number of nitrogens with zero attached hydrogens (tertiary/aromatic N) is 2. The van der Waals surface area contributed by atoms with Gasteiger partial charge in [0.25, 0.3) is 11.5 Å². The molecule has 0 bridgehead atoms. The Morgan fingerprint density at radius 3 is 2.33 bits per heavy atom. The highest BCUT2D eigenvalue weighted by molar-refractivity contribution is 5.95. The van der Waals surface area contributed by atoms with Crippen molar-refractivity contribution in [3.8, 4) is 0 Å². The standard InChI is InChI=1S/C39H47N5O7/c1-26(45)41-33(37(49)51-3)17-9-10-22-40-38(50)39(27-12-5-4-6-13-27)21-18-30(29-14-7-8-16-32(29)39)36(48)44-24-19-28(20-25-44)42-34(46)31-15-11-23-43(2)35(31)47/h4-8,11-16,23,28,30,33H,9-10,17-22,24-25H2,1-3H3,(H,40,50)(H,41,45)(H,42,46)/t30-,33-,39+/m0/s1. The van der Waals surface area contributed by atoms with Gasteiger partial charge in [0.1, 0.15) is 11.6 Å². The number of hydrogen-bond acceptors (Lipinski definition) is 7. The smallest absolute Gasteiger partial charge is 0.328 e. The lowest BCUT2D eigenvalue weighted by Gasteiger charge is -2.42. The van der Waals surface area contributed by atoms with Crippen LogP contribution in [0, 0.1) is 0 Å². The van der Waals surface area contributed by atoms with Crippen molar-refractivity contribution in [2.24, 2.45) is 7.05 Å². The zero-order valence-electron chi connectivity index (χ0n) is 29.5. The third kappa shape index (κ3) is 8.22. The van der Waals surface area contributed by atoms with E-state index >= 15 is 0 Å². The summed E-state index contributed by atoms with van der Waals surface area (Å²) in [6.45, 7) is 2.66. The van der Waals surface area contributed by atoms with Crippen LogP contribution in [-0.4, -0.2) is 77.9 Å². The van der Waals surface area contributed by atoms with Crippen LogP contribution in [0.25, 0.3) is 0 Å². The molecule has 1 fully saturated rings. The molecule has 3 N–H and O–H groups in total. The Morgan fingerprint density at radius 2 is 1.63 bits per heavy atom. The van der Waals surface area contributed by atoms with Crippen LogP contribution in [0.4, 0.5) is 0 Å². The number of nitrogens with one attached hydrogen (secondary N) is 3. The van der Waals surface area contributed by atoms with E-state index in [9.17, 15) is 28.8 Å². The van der Waals surface area contributed by atoms with E-state index in [1.807, 2.05) is 59.5 Å². The molecular formula is C39H47N5O7. The maximum Gasteiger partial charge on any atom is 0.328 e. The van der Waals surface area contributed by atoms with Crippen molar-refractivity contribution in [1.82, 2.24) is 25.4 Å². The number of likely N-dealkylation sites (tertiary alicyclic amines) is 1. The summed E-state index contributed by atoms with van der Waals surface area (Å²) < 4.78 is 6.18. The van der Waals surface area contributed by atoms with Crippen molar-refractivity contribution in [2.75, 3.05) is 26.7 Å².